The Hall–Kier alpha value is -2.98. The summed E-state index contributed by atoms with van der Waals surface area (Å²) >= 11 is 5.97. The lowest BCUT2D eigenvalue weighted by Gasteiger charge is -2.06. The fourth-order valence-corrected chi connectivity index (χ4v) is 2.84. The summed E-state index contributed by atoms with van der Waals surface area (Å²) in [5.74, 6) is -0.287. The highest BCUT2D eigenvalue weighted by Gasteiger charge is 2.12. The van der Waals surface area contributed by atoms with Crippen molar-refractivity contribution in [3.8, 4) is 33.8 Å². The Balaban J connectivity index is 1.77. The Labute approximate surface area is 149 Å². The number of H-pyrrole nitrogens is 1. The van der Waals surface area contributed by atoms with Crippen molar-refractivity contribution in [3.05, 3.63) is 83.8 Å². The van der Waals surface area contributed by atoms with E-state index in [2.05, 4.69) is 15.2 Å². The molecule has 0 radical (unpaired) electrons. The molecule has 4 rings (SSSR count). The van der Waals surface area contributed by atoms with Gasteiger partial charge in [-0.2, -0.15) is 5.10 Å². The van der Waals surface area contributed by atoms with Gasteiger partial charge in [-0.25, -0.2) is 4.39 Å². The Morgan fingerprint density at radius 3 is 2.52 bits per heavy atom. The van der Waals surface area contributed by atoms with Crippen LogP contribution < -0.4 is 0 Å². The third-order valence-electron chi connectivity index (χ3n) is 3.91. The smallest absolute Gasteiger partial charge is 0.123 e. The van der Waals surface area contributed by atoms with Gasteiger partial charge in [-0.15, -0.1) is 0 Å². The van der Waals surface area contributed by atoms with E-state index in [9.17, 15) is 4.39 Å². The number of pyridine rings is 1. The van der Waals surface area contributed by atoms with Gasteiger partial charge in [0, 0.05) is 27.9 Å². The maximum Gasteiger partial charge on any atom is 0.123 e. The summed E-state index contributed by atoms with van der Waals surface area (Å²) < 4.78 is 13.4. The van der Waals surface area contributed by atoms with Crippen molar-refractivity contribution in [1.29, 1.82) is 0 Å². The quantitative estimate of drug-likeness (QED) is 0.523. The predicted molar refractivity (Wildman–Crippen MR) is 97.7 cm³/mol. The first-order valence-electron chi connectivity index (χ1n) is 7.73. The van der Waals surface area contributed by atoms with Crippen LogP contribution in [0, 0.1) is 5.82 Å². The molecule has 0 amide bonds. The molecule has 0 saturated carbocycles. The summed E-state index contributed by atoms with van der Waals surface area (Å²) in [6.07, 6.45) is 1.75. The zero-order valence-electron chi connectivity index (χ0n) is 13.1. The van der Waals surface area contributed by atoms with E-state index < -0.39 is 0 Å². The van der Waals surface area contributed by atoms with E-state index in [-0.39, 0.29) is 5.82 Å². The maximum absolute atomic E-state index is 13.4. The Morgan fingerprint density at radius 1 is 0.880 bits per heavy atom. The molecule has 0 aliphatic heterocycles. The van der Waals surface area contributed by atoms with E-state index in [1.165, 1.54) is 12.1 Å². The molecule has 1 N–H and O–H groups in total. The summed E-state index contributed by atoms with van der Waals surface area (Å²) in [6, 6.07) is 19.6. The minimum atomic E-state index is -0.287. The second-order valence-electron chi connectivity index (χ2n) is 5.58. The first-order chi connectivity index (χ1) is 12.2. The van der Waals surface area contributed by atoms with Gasteiger partial charge in [-0.1, -0.05) is 35.9 Å². The molecule has 2 aromatic heterocycles. The molecule has 2 aromatic carbocycles. The Morgan fingerprint density at radius 2 is 1.72 bits per heavy atom. The van der Waals surface area contributed by atoms with Gasteiger partial charge < -0.3 is 0 Å². The first-order valence-corrected chi connectivity index (χ1v) is 8.11. The number of halogens is 2. The number of rotatable bonds is 3. The second-order valence-corrected chi connectivity index (χ2v) is 6.02. The lowest BCUT2D eigenvalue weighted by atomic mass is 10.0. The molecule has 25 heavy (non-hydrogen) atoms. The number of aromatic nitrogens is 3. The van der Waals surface area contributed by atoms with Crippen LogP contribution in [0.15, 0.2) is 72.9 Å². The molecule has 0 saturated heterocycles. The molecule has 0 unspecified atom stereocenters. The van der Waals surface area contributed by atoms with Crippen LogP contribution in [-0.2, 0) is 0 Å². The SMILES string of the molecule is Fc1cccc(-c2cc(-c3cccnc3-c3ccc(Cl)cc3)[nH]n2)c1. The molecule has 0 bridgehead atoms. The molecule has 2 heterocycles. The molecule has 0 spiro atoms. The van der Waals surface area contributed by atoms with Crippen molar-refractivity contribution < 1.29 is 4.39 Å². The van der Waals surface area contributed by atoms with Crippen LogP contribution in [0.2, 0.25) is 5.02 Å². The lowest BCUT2D eigenvalue weighted by molar-refractivity contribution is 0.628. The molecular formula is C20H13ClFN3. The molecule has 5 heteroatoms. The van der Waals surface area contributed by atoms with Gasteiger partial charge in [0.25, 0.3) is 0 Å². The molecule has 4 aromatic rings. The van der Waals surface area contributed by atoms with Gasteiger partial charge in [0.2, 0.25) is 0 Å². The summed E-state index contributed by atoms with van der Waals surface area (Å²) in [6.45, 7) is 0. The van der Waals surface area contributed by atoms with Gasteiger partial charge in [0.05, 0.1) is 17.1 Å². The van der Waals surface area contributed by atoms with Crippen molar-refractivity contribution in [2.45, 2.75) is 0 Å². The van der Waals surface area contributed by atoms with Crippen LogP contribution in [0.4, 0.5) is 4.39 Å². The normalized spacial score (nSPS) is 10.8. The molecule has 122 valence electrons. The number of hydrogen-bond acceptors (Lipinski definition) is 2. The number of benzene rings is 2. The predicted octanol–water partition coefficient (Wildman–Crippen LogP) is 5.60. The van der Waals surface area contributed by atoms with E-state index in [4.69, 9.17) is 11.6 Å². The van der Waals surface area contributed by atoms with Crippen molar-refractivity contribution >= 4 is 11.6 Å². The average Bonchev–Trinajstić information content (AvgIpc) is 3.12. The summed E-state index contributed by atoms with van der Waals surface area (Å²) in [5.41, 5.74) is 4.92. The van der Waals surface area contributed by atoms with Gasteiger partial charge in [-0.05, 0) is 42.5 Å². The van der Waals surface area contributed by atoms with Crippen LogP contribution in [-0.4, -0.2) is 15.2 Å². The highest BCUT2D eigenvalue weighted by molar-refractivity contribution is 6.30. The van der Waals surface area contributed by atoms with Crippen molar-refractivity contribution in [1.82, 2.24) is 15.2 Å². The van der Waals surface area contributed by atoms with Crippen molar-refractivity contribution in [3.63, 3.8) is 0 Å². The topological polar surface area (TPSA) is 41.6 Å². The van der Waals surface area contributed by atoms with Crippen LogP contribution in [0.1, 0.15) is 0 Å². The van der Waals surface area contributed by atoms with Gasteiger partial charge in [0.15, 0.2) is 0 Å². The minimum absolute atomic E-state index is 0.287. The zero-order chi connectivity index (χ0) is 17.2. The molecule has 0 atom stereocenters. The first kappa shape index (κ1) is 15.5. The summed E-state index contributed by atoms with van der Waals surface area (Å²) in [5, 5.41) is 8.01. The molecule has 0 aliphatic carbocycles. The largest absolute Gasteiger partial charge is 0.277 e. The average molecular weight is 350 g/mol. The monoisotopic (exact) mass is 349 g/mol. The third kappa shape index (κ3) is 3.16. The lowest BCUT2D eigenvalue weighted by Crippen LogP contribution is -1.88. The van der Waals surface area contributed by atoms with Crippen molar-refractivity contribution in [2.75, 3.05) is 0 Å². The maximum atomic E-state index is 13.4. The molecule has 0 aliphatic rings. The zero-order valence-corrected chi connectivity index (χ0v) is 13.8. The van der Waals surface area contributed by atoms with E-state index in [0.717, 1.165) is 28.1 Å². The van der Waals surface area contributed by atoms with Crippen molar-refractivity contribution in [2.24, 2.45) is 0 Å². The standard InChI is InChI=1S/C20H13ClFN3/c21-15-8-6-13(7-9-15)20-17(5-2-10-23-20)19-12-18(24-25-19)14-3-1-4-16(22)11-14/h1-12H,(H,24,25). The van der Waals surface area contributed by atoms with Gasteiger partial charge in [-0.3, -0.25) is 10.1 Å². The number of hydrogen-bond donors (Lipinski definition) is 1. The minimum Gasteiger partial charge on any atom is -0.277 e. The highest BCUT2D eigenvalue weighted by Crippen LogP contribution is 2.31. The van der Waals surface area contributed by atoms with Crippen LogP contribution in [0.3, 0.4) is 0 Å². The van der Waals surface area contributed by atoms with E-state index >= 15 is 0 Å². The fraction of sp³-hybridized carbons (Fsp3) is 0. The summed E-state index contributed by atoms with van der Waals surface area (Å²) in [4.78, 5) is 4.50. The van der Waals surface area contributed by atoms with E-state index in [1.807, 2.05) is 48.5 Å². The van der Waals surface area contributed by atoms with Crippen LogP contribution in [0.5, 0.6) is 0 Å². The number of aromatic amines is 1. The second kappa shape index (κ2) is 6.49. The number of nitrogens with zero attached hydrogens (tertiary/aromatic N) is 2. The van der Waals surface area contributed by atoms with Crippen LogP contribution in [0.25, 0.3) is 33.8 Å². The third-order valence-corrected chi connectivity index (χ3v) is 4.17. The highest BCUT2D eigenvalue weighted by atomic mass is 35.5. The van der Waals surface area contributed by atoms with E-state index in [0.29, 0.717) is 10.7 Å². The molecular weight excluding hydrogens is 337 g/mol. The molecule has 3 nitrogen and oxygen atoms in total. The number of nitrogens with one attached hydrogen (secondary N) is 1. The van der Waals surface area contributed by atoms with Gasteiger partial charge in [0.1, 0.15) is 5.82 Å². The van der Waals surface area contributed by atoms with Crippen LogP contribution >= 0.6 is 11.6 Å². The Kier molecular flexibility index (Phi) is 4.04. The summed E-state index contributed by atoms with van der Waals surface area (Å²) in [7, 11) is 0. The van der Waals surface area contributed by atoms with Gasteiger partial charge >= 0.3 is 0 Å². The molecule has 0 fully saturated rings. The Bertz CT molecular complexity index is 1030. The van der Waals surface area contributed by atoms with E-state index in [1.54, 1.807) is 12.3 Å². The fourth-order valence-electron chi connectivity index (χ4n) is 2.72.